The second-order valence-corrected chi connectivity index (χ2v) is 6.68. The number of carbonyl (C=O) groups is 2. The molecule has 0 fully saturated rings. The van der Waals surface area contributed by atoms with Gasteiger partial charge in [-0.3, -0.25) is 9.59 Å². The van der Waals surface area contributed by atoms with Crippen molar-refractivity contribution in [2.24, 2.45) is 0 Å². The molecule has 0 rings (SSSR count). The van der Waals surface area contributed by atoms with Crippen LogP contribution in [0.25, 0.3) is 0 Å². The van der Waals surface area contributed by atoms with Crippen LogP contribution in [0.1, 0.15) is 78.6 Å². The predicted octanol–water partition coefficient (Wildman–Crippen LogP) is 4.80. The highest BCUT2D eigenvalue weighted by atomic mass is 32.2. The Balaban J connectivity index is 3.55. The second-order valence-electron chi connectivity index (χ2n) is 5.27. The summed E-state index contributed by atoms with van der Waals surface area (Å²) in [4.78, 5) is 22.2. The molecule has 0 aliphatic carbocycles. The molecule has 0 saturated heterocycles. The lowest BCUT2D eigenvalue weighted by molar-refractivity contribution is -0.125. The average molecular weight is 286 g/mol. The molecule has 0 N–H and O–H groups in total. The van der Waals surface area contributed by atoms with Crippen molar-refractivity contribution in [1.82, 2.24) is 0 Å². The Bertz CT molecular complexity index is 251. The van der Waals surface area contributed by atoms with Crippen molar-refractivity contribution in [2.45, 2.75) is 83.8 Å². The summed E-state index contributed by atoms with van der Waals surface area (Å²) in [7, 11) is 0. The largest absolute Gasteiger partial charge is 0.300 e. The topological polar surface area (TPSA) is 34.1 Å². The van der Waals surface area contributed by atoms with Crippen LogP contribution in [0.15, 0.2) is 0 Å². The van der Waals surface area contributed by atoms with Crippen molar-refractivity contribution >= 4 is 23.3 Å². The zero-order valence-electron chi connectivity index (χ0n) is 12.9. The van der Waals surface area contributed by atoms with E-state index >= 15 is 0 Å². The Labute approximate surface area is 123 Å². The Morgan fingerprint density at radius 3 is 2.37 bits per heavy atom. The number of rotatable bonds is 13. The van der Waals surface area contributed by atoms with Crippen molar-refractivity contribution in [3.63, 3.8) is 0 Å². The van der Waals surface area contributed by atoms with Gasteiger partial charge in [-0.1, -0.05) is 39.5 Å². The lowest BCUT2D eigenvalue weighted by atomic mass is 10.1. The van der Waals surface area contributed by atoms with E-state index in [-0.39, 0.29) is 18.0 Å². The first-order valence-electron chi connectivity index (χ1n) is 7.72. The average Bonchev–Trinajstić information content (AvgIpc) is 2.36. The van der Waals surface area contributed by atoms with Gasteiger partial charge in [0.1, 0.15) is 11.6 Å². The Morgan fingerprint density at radius 1 is 1.05 bits per heavy atom. The van der Waals surface area contributed by atoms with Crippen molar-refractivity contribution in [3.05, 3.63) is 0 Å². The van der Waals surface area contributed by atoms with Crippen LogP contribution >= 0.6 is 11.8 Å². The minimum Gasteiger partial charge on any atom is -0.300 e. The molecule has 2 nitrogen and oxygen atoms in total. The van der Waals surface area contributed by atoms with Crippen LogP contribution in [0.2, 0.25) is 0 Å². The Morgan fingerprint density at radius 2 is 1.79 bits per heavy atom. The first-order valence-corrected chi connectivity index (χ1v) is 8.77. The summed E-state index contributed by atoms with van der Waals surface area (Å²) in [6.45, 7) is 5.97. The zero-order valence-corrected chi connectivity index (χ0v) is 13.7. The molecule has 0 aliphatic rings. The molecule has 1 unspecified atom stereocenters. The summed E-state index contributed by atoms with van der Waals surface area (Å²) in [6, 6.07) is 0. The van der Waals surface area contributed by atoms with Gasteiger partial charge < -0.3 is 0 Å². The minimum absolute atomic E-state index is 0.0139. The van der Waals surface area contributed by atoms with Crippen LogP contribution in [0.3, 0.4) is 0 Å². The van der Waals surface area contributed by atoms with Gasteiger partial charge in [0.2, 0.25) is 0 Å². The maximum absolute atomic E-state index is 11.4. The van der Waals surface area contributed by atoms with E-state index in [1.54, 1.807) is 0 Å². The monoisotopic (exact) mass is 286 g/mol. The summed E-state index contributed by atoms with van der Waals surface area (Å²) >= 11 is 2.00. The third kappa shape index (κ3) is 12.5. The zero-order chi connectivity index (χ0) is 14.5. The highest BCUT2D eigenvalue weighted by Gasteiger charge is 2.08. The van der Waals surface area contributed by atoms with Gasteiger partial charge in [-0.15, -0.1) is 0 Å². The van der Waals surface area contributed by atoms with Gasteiger partial charge in [0.15, 0.2) is 0 Å². The molecule has 0 aromatic heterocycles. The smallest absolute Gasteiger partial charge is 0.140 e. The van der Waals surface area contributed by atoms with Gasteiger partial charge in [-0.05, 0) is 31.9 Å². The Hall–Kier alpha value is -0.310. The van der Waals surface area contributed by atoms with Gasteiger partial charge >= 0.3 is 0 Å². The quantitative estimate of drug-likeness (QED) is 0.360. The highest BCUT2D eigenvalue weighted by Crippen LogP contribution is 2.22. The summed E-state index contributed by atoms with van der Waals surface area (Å²) in [5.74, 6) is 1.14. The third-order valence-corrected chi connectivity index (χ3v) is 4.80. The highest BCUT2D eigenvalue weighted by molar-refractivity contribution is 7.99. The maximum Gasteiger partial charge on any atom is 0.140 e. The molecular formula is C16H30O2S. The van der Waals surface area contributed by atoms with Gasteiger partial charge in [-0.2, -0.15) is 11.8 Å². The van der Waals surface area contributed by atoms with E-state index < -0.39 is 0 Å². The van der Waals surface area contributed by atoms with Crippen molar-refractivity contribution in [1.29, 1.82) is 0 Å². The SMILES string of the molecule is CCCCCCC(CC)SCCCC(=O)CC(C)=O. The number of unbranched alkanes of at least 4 members (excludes halogenated alkanes) is 3. The number of ketones is 2. The minimum atomic E-state index is -0.0139. The van der Waals surface area contributed by atoms with Crippen LogP contribution in [0, 0.1) is 0 Å². The number of Topliss-reactive ketones (excluding diaryl/α,β-unsaturated/α-hetero) is 2. The fourth-order valence-electron chi connectivity index (χ4n) is 2.09. The summed E-state index contributed by atoms with van der Waals surface area (Å²) in [6.07, 6.45) is 9.47. The van der Waals surface area contributed by atoms with Gasteiger partial charge in [0.05, 0.1) is 6.42 Å². The molecule has 0 saturated carbocycles. The predicted molar refractivity (Wildman–Crippen MR) is 84.8 cm³/mol. The van der Waals surface area contributed by atoms with E-state index in [0.29, 0.717) is 6.42 Å². The van der Waals surface area contributed by atoms with E-state index in [1.165, 1.54) is 45.4 Å². The molecule has 0 bridgehead atoms. The van der Waals surface area contributed by atoms with Crippen molar-refractivity contribution in [2.75, 3.05) is 5.75 Å². The van der Waals surface area contributed by atoms with E-state index in [9.17, 15) is 9.59 Å². The van der Waals surface area contributed by atoms with E-state index in [1.807, 2.05) is 11.8 Å². The van der Waals surface area contributed by atoms with Crippen molar-refractivity contribution < 1.29 is 9.59 Å². The molecule has 19 heavy (non-hydrogen) atoms. The number of hydrogen-bond acceptors (Lipinski definition) is 3. The molecule has 0 heterocycles. The molecule has 1 atom stereocenters. The lowest BCUT2D eigenvalue weighted by Crippen LogP contribution is -2.06. The van der Waals surface area contributed by atoms with Crippen LogP contribution in [0.4, 0.5) is 0 Å². The third-order valence-electron chi connectivity index (χ3n) is 3.23. The maximum atomic E-state index is 11.4. The van der Waals surface area contributed by atoms with Crippen molar-refractivity contribution in [3.8, 4) is 0 Å². The molecule has 0 aliphatic heterocycles. The van der Waals surface area contributed by atoms with Gasteiger partial charge in [0, 0.05) is 11.7 Å². The Kier molecular flexibility index (Phi) is 12.5. The van der Waals surface area contributed by atoms with Gasteiger partial charge in [-0.25, -0.2) is 0 Å². The first kappa shape index (κ1) is 18.7. The molecule has 0 aromatic carbocycles. The number of hydrogen-bond donors (Lipinski definition) is 0. The standard InChI is InChI=1S/C16H30O2S/c1-4-6-7-8-11-16(5-2)19-12-9-10-15(18)13-14(3)17/h16H,4-13H2,1-3H3. The molecule has 0 spiro atoms. The molecular weight excluding hydrogens is 256 g/mol. The van der Waals surface area contributed by atoms with E-state index in [4.69, 9.17) is 0 Å². The fourth-order valence-corrected chi connectivity index (χ4v) is 3.30. The normalized spacial score (nSPS) is 12.4. The molecule has 0 amide bonds. The molecule has 0 radical (unpaired) electrons. The summed E-state index contributed by atoms with van der Waals surface area (Å²) < 4.78 is 0. The van der Waals surface area contributed by atoms with Crippen LogP contribution in [-0.4, -0.2) is 22.6 Å². The first-order chi connectivity index (χ1) is 9.10. The number of thioether (sulfide) groups is 1. The molecule has 112 valence electrons. The number of carbonyl (C=O) groups excluding carboxylic acids is 2. The lowest BCUT2D eigenvalue weighted by Gasteiger charge is -2.14. The van der Waals surface area contributed by atoms with E-state index in [0.717, 1.165) is 17.4 Å². The molecule has 3 heteroatoms. The summed E-state index contributed by atoms with van der Waals surface area (Å²) in [5, 5.41) is 0.750. The molecule has 0 aromatic rings. The van der Waals surface area contributed by atoms with Crippen LogP contribution in [-0.2, 0) is 9.59 Å². The summed E-state index contributed by atoms with van der Waals surface area (Å²) in [5.41, 5.74) is 0. The second kappa shape index (κ2) is 12.7. The van der Waals surface area contributed by atoms with Crippen LogP contribution in [0.5, 0.6) is 0 Å². The fraction of sp³-hybridized carbons (Fsp3) is 0.875. The van der Waals surface area contributed by atoms with E-state index in [2.05, 4.69) is 13.8 Å². The van der Waals surface area contributed by atoms with Crippen LogP contribution < -0.4 is 0 Å². The van der Waals surface area contributed by atoms with Gasteiger partial charge in [0.25, 0.3) is 0 Å².